The first kappa shape index (κ1) is 16.8. The second kappa shape index (κ2) is 6.47. The van der Waals surface area contributed by atoms with Gasteiger partial charge in [-0.2, -0.15) is 0 Å². The summed E-state index contributed by atoms with van der Waals surface area (Å²) in [6.45, 7) is 3.58. The number of halogens is 2. The highest BCUT2D eigenvalue weighted by Gasteiger charge is 2.13. The van der Waals surface area contributed by atoms with Gasteiger partial charge in [-0.05, 0) is 49.2 Å². The second-order valence-electron chi connectivity index (χ2n) is 5.76. The molecule has 0 N–H and O–H groups in total. The molecule has 0 amide bonds. The third kappa shape index (κ3) is 3.57. The number of carbonyl (C=O) groups excluding carboxylic acids is 1. The molecule has 3 rings (SSSR count). The molecule has 0 saturated heterocycles. The number of ether oxygens (including phenoxy) is 1. The molecule has 0 aliphatic carbocycles. The molecule has 0 unspecified atom stereocenters. The van der Waals surface area contributed by atoms with Gasteiger partial charge in [-0.3, -0.25) is 0 Å². The van der Waals surface area contributed by atoms with E-state index in [9.17, 15) is 18.4 Å². The molecule has 0 aliphatic rings. The minimum absolute atomic E-state index is 0.221. The van der Waals surface area contributed by atoms with Gasteiger partial charge >= 0.3 is 11.6 Å². The average molecular weight is 344 g/mol. The molecule has 0 radical (unpaired) electrons. The van der Waals surface area contributed by atoms with Gasteiger partial charge in [0.1, 0.15) is 23.8 Å². The molecular formula is C19H14F2O4. The summed E-state index contributed by atoms with van der Waals surface area (Å²) in [6.07, 6.45) is 0. The summed E-state index contributed by atoms with van der Waals surface area (Å²) in [5.41, 5.74) is 1.98. The second-order valence-corrected chi connectivity index (χ2v) is 5.76. The van der Waals surface area contributed by atoms with Gasteiger partial charge in [0, 0.05) is 23.1 Å². The maximum atomic E-state index is 13.2. The zero-order chi connectivity index (χ0) is 18.1. The molecule has 6 heteroatoms. The van der Waals surface area contributed by atoms with Crippen LogP contribution in [0.1, 0.15) is 27.0 Å². The van der Waals surface area contributed by atoms with Crippen molar-refractivity contribution in [2.24, 2.45) is 0 Å². The topological polar surface area (TPSA) is 56.5 Å². The van der Waals surface area contributed by atoms with Crippen LogP contribution in [0, 0.1) is 25.5 Å². The summed E-state index contributed by atoms with van der Waals surface area (Å²) < 4.78 is 36.7. The van der Waals surface area contributed by atoms with Gasteiger partial charge in [0.25, 0.3) is 0 Å². The standard InChI is InChI=1S/C19H14F2O4/c1-10-3-16-13(7-18(22)25-17(16)4-11(10)2)9-24-19(23)12-5-14(20)8-15(21)6-12/h3-8H,9H2,1-2H3. The van der Waals surface area contributed by atoms with Crippen molar-refractivity contribution in [3.63, 3.8) is 0 Å². The quantitative estimate of drug-likeness (QED) is 0.531. The SMILES string of the molecule is Cc1cc2oc(=O)cc(COC(=O)c3cc(F)cc(F)c3)c2cc1C. The number of carbonyl (C=O) groups is 1. The van der Waals surface area contributed by atoms with Crippen molar-refractivity contribution >= 4 is 16.9 Å². The Labute approximate surface area is 141 Å². The van der Waals surface area contributed by atoms with Crippen molar-refractivity contribution in [3.8, 4) is 0 Å². The first-order chi connectivity index (χ1) is 11.8. The van der Waals surface area contributed by atoms with E-state index in [-0.39, 0.29) is 12.2 Å². The molecule has 0 spiro atoms. The van der Waals surface area contributed by atoms with Gasteiger partial charge in [0.05, 0.1) is 5.56 Å². The van der Waals surface area contributed by atoms with E-state index in [2.05, 4.69) is 0 Å². The van der Waals surface area contributed by atoms with Crippen LogP contribution < -0.4 is 5.63 Å². The predicted molar refractivity (Wildman–Crippen MR) is 87.4 cm³/mol. The number of hydrogen-bond donors (Lipinski definition) is 0. The lowest BCUT2D eigenvalue weighted by atomic mass is 10.0. The minimum Gasteiger partial charge on any atom is -0.457 e. The van der Waals surface area contributed by atoms with Gasteiger partial charge in [-0.15, -0.1) is 0 Å². The smallest absolute Gasteiger partial charge is 0.338 e. The van der Waals surface area contributed by atoms with E-state index in [1.165, 1.54) is 6.07 Å². The zero-order valence-electron chi connectivity index (χ0n) is 13.6. The molecule has 0 atom stereocenters. The summed E-state index contributed by atoms with van der Waals surface area (Å²) >= 11 is 0. The summed E-state index contributed by atoms with van der Waals surface area (Å²) in [5.74, 6) is -2.63. The van der Waals surface area contributed by atoms with Crippen LogP contribution in [-0.2, 0) is 11.3 Å². The third-order valence-electron chi connectivity index (χ3n) is 3.90. The van der Waals surface area contributed by atoms with E-state index < -0.39 is 23.2 Å². The Kier molecular flexibility index (Phi) is 4.35. The van der Waals surface area contributed by atoms with Crippen LogP contribution in [0.2, 0.25) is 0 Å². The zero-order valence-corrected chi connectivity index (χ0v) is 13.6. The van der Waals surface area contributed by atoms with Crippen LogP contribution in [0.4, 0.5) is 8.78 Å². The van der Waals surface area contributed by atoms with Gasteiger partial charge in [-0.1, -0.05) is 0 Å². The van der Waals surface area contributed by atoms with E-state index >= 15 is 0 Å². The first-order valence-electron chi connectivity index (χ1n) is 7.50. The van der Waals surface area contributed by atoms with Crippen molar-refractivity contribution in [3.05, 3.63) is 80.7 Å². The lowest BCUT2D eigenvalue weighted by Crippen LogP contribution is -2.09. The Morgan fingerprint density at radius 1 is 1.00 bits per heavy atom. The monoisotopic (exact) mass is 344 g/mol. The van der Waals surface area contributed by atoms with Crippen molar-refractivity contribution in [2.45, 2.75) is 20.5 Å². The van der Waals surface area contributed by atoms with E-state index in [1.54, 1.807) is 6.07 Å². The fourth-order valence-electron chi connectivity index (χ4n) is 2.50. The summed E-state index contributed by atoms with van der Waals surface area (Å²) in [6, 6.07) is 7.24. The number of fused-ring (bicyclic) bond motifs is 1. The largest absolute Gasteiger partial charge is 0.457 e. The Bertz CT molecular complexity index is 1020. The normalized spacial score (nSPS) is 10.9. The minimum atomic E-state index is -0.886. The molecule has 25 heavy (non-hydrogen) atoms. The number of hydrogen-bond acceptors (Lipinski definition) is 4. The van der Waals surface area contributed by atoms with E-state index in [0.29, 0.717) is 22.6 Å². The molecule has 1 heterocycles. The maximum Gasteiger partial charge on any atom is 0.338 e. The highest BCUT2D eigenvalue weighted by molar-refractivity contribution is 5.89. The molecule has 2 aromatic carbocycles. The molecule has 0 bridgehead atoms. The summed E-state index contributed by atoms with van der Waals surface area (Å²) in [5, 5.41) is 0.640. The molecule has 0 aliphatic heterocycles. The molecule has 0 saturated carbocycles. The molecule has 128 valence electrons. The van der Waals surface area contributed by atoms with Gasteiger partial charge in [0.2, 0.25) is 0 Å². The lowest BCUT2D eigenvalue weighted by Gasteiger charge is -2.09. The maximum absolute atomic E-state index is 13.2. The highest BCUT2D eigenvalue weighted by atomic mass is 19.1. The number of aryl methyl sites for hydroxylation is 2. The van der Waals surface area contributed by atoms with E-state index in [1.807, 2.05) is 19.9 Å². The van der Waals surface area contributed by atoms with Crippen molar-refractivity contribution < 1.29 is 22.7 Å². The van der Waals surface area contributed by atoms with E-state index in [0.717, 1.165) is 23.3 Å². The van der Waals surface area contributed by atoms with Crippen molar-refractivity contribution in [1.82, 2.24) is 0 Å². The van der Waals surface area contributed by atoms with Crippen LogP contribution >= 0.6 is 0 Å². The molecule has 3 aromatic rings. The molecule has 4 nitrogen and oxygen atoms in total. The third-order valence-corrected chi connectivity index (χ3v) is 3.90. The number of esters is 1. The van der Waals surface area contributed by atoms with Crippen LogP contribution in [-0.4, -0.2) is 5.97 Å². The lowest BCUT2D eigenvalue weighted by molar-refractivity contribution is 0.0472. The fraction of sp³-hybridized carbons (Fsp3) is 0.158. The predicted octanol–water partition coefficient (Wildman–Crippen LogP) is 4.05. The van der Waals surface area contributed by atoms with Gasteiger partial charge in [-0.25, -0.2) is 18.4 Å². The average Bonchev–Trinajstić information content (AvgIpc) is 2.53. The molecule has 1 aromatic heterocycles. The Hall–Kier alpha value is -3.02. The summed E-state index contributed by atoms with van der Waals surface area (Å²) in [7, 11) is 0. The van der Waals surface area contributed by atoms with Crippen LogP contribution in [0.15, 0.2) is 45.6 Å². The van der Waals surface area contributed by atoms with Gasteiger partial charge in [0.15, 0.2) is 0 Å². The number of rotatable bonds is 3. The van der Waals surface area contributed by atoms with Crippen LogP contribution in [0.25, 0.3) is 11.0 Å². The Morgan fingerprint density at radius 3 is 2.32 bits per heavy atom. The number of benzene rings is 2. The van der Waals surface area contributed by atoms with Crippen molar-refractivity contribution in [1.29, 1.82) is 0 Å². The Balaban J connectivity index is 1.91. The fourth-order valence-corrected chi connectivity index (χ4v) is 2.50. The van der Waals surface area contributed by atoms with E-state index in [4.69, 9.17) is 9.15 Å². The molecular weight excluding hydrogens is 330 g/mol. The van der Waals surface area contributed by atoms with Crippen LogP contribution in [0.5, 0.6) is 0 Å². The highest BCUT2D eigenvalue weighted by Crippen LogP contribution is 2.22. The molecule has 0 fully saturated rings. The first-order valence-corrected chi connectivity index (χ1v) is 7.50. The van der Waals surface area contributed by atoms with Crippen molar-refractivity contribution in [2.75, 3.05) is 0 Å². The summed E-state index contributed by atoms with van der Waals surface area (Å²) in [4.78, 5) is 23.7. The van der Waals surface area contributed by atoms with Gasteiger partial charge < -0.3 is 9.15 Å². The Morgan fingerprint density at radius 2 is 1.64 bits per heavy atom. The van der Waals surface area contributed by atoms with Crippen LogP contribution in [0.3, 0.4) is 0 Å².